The summed E-state index contributed by atoms with van der Waals surface area (Å²) in [6.07, 6.45) is 2.58. The molecule has 1 saturated heterocycles. The highest BCUT2D eigenvalue weighted by Gasteiger charge is 2.25. The van der Waals surface area contributed by atoms with E-state index in [0.717, 1.165) is 32.0 Å². The van der Waals surface area contributed by atoms with Crippen molar-refractivity contribution in [3.63, 3.8) is 0 Å². The summed E-state index contributed by atoms with van der Waals surface area (Å²) >= 11 is 0. The molecule has 1 amide bonds. The fraction of sp³-hybridized carbons (Fsp3) is 0.478. The minimum absolute atomic E-state index is 0.0502. The number of rotatable bonds is 6. The first kappa shape index (κ1) is 21.9. The molecule has 1 aliphatic rings. The predicted molar refractivity (Wildman–Crippen MR) is 120 cm³/mol. The Morgan fingerprint density at radius 3 is 2.33 bits per heavy atom. The van der Waals surface area contributed by atoms with Crippen molar-refractivity contribution in [2.75, 3.05) is 53.9 Å². The van der Waals surface area contributed by atoms with Gasteiger partial charge in [0.1, 0.15) is 0 Å². The quantitative estimate of drug-likeness (QED) is 0.584. The summed E-state index contributed by atoms with van der Waals surface area (Å²) in [6.45, 7) is 5.71. The summed E-state index contributed by atoms with van der Waals surface area (Å²) in [5, 5.41) is 3.53. The second kappa shape index (κ2) is 10.3. The lowest BCUT2D eigenvalue weighted by Crippen LogP contribution is -2.54. The zero-order valence-electron chi connectivity index (χ0n) is 18.5. The highest BCUT2D eigenvalue weighted by atomic mass is 16.3. The maximum absolute atomic E-state index is 12.5. The van der Waals surface area contributed by atoms with Gasteiger partial charge >= 0.3 is 0 Å². The third-order valence-corrected chi connectivity index (χ3v) is 5.66. The molecule has 3 rings (SSSR count). The van der Waals surface area contributed by atoms with Gasteiger partial charge < -0.3 is 24.4 Å². The molecule has 0 bridgehead atoms. The number of nitrogens with zero attached hydrogens (tertiary/aromatic N) is 4. The Kier molecular flexibility index (Phi) is 7.52. The minimum atomic E-state index is -0.0502. The van der Waals surface area contributed by atoms with Gasteiger partial charge in [0, 0.05) is 39.8 Å². The van der Waals surface area contributed by atoms with Crippen LogP contribution >= 0.6 is 0 Å². The van der Waals surface area contributed by atoms with E-state index in [1.165, 1.54) is 17.4 Å². The van der Waals surface area contributed by atoms with E-state index in [1.54, 1.807) is 12.1 Å². The van der Waals surface area contributed by atoms with E-state index in [9.17, 15) is 4.79 Å². The lowest BCUT2D eigenvalue weighted by molar-refractivity contribution is 0.0657. The van der Waals surface area contributed by atoms with E-state index in [1.807, 2.05) is 11.9 Å². The molecule has 0 radical (unpaired) electrons. The zero-order chi connectivity index (χ0) is 21.5. The molecule has 1 aliphatic heterocycles. The van der Waals surface area contributed by atoms with Gasteiger partial charge in [0.15, 0.2) is 11.7 Å². The van der Waals surface area contributed by atoms with Crippen molar-refractivity contribution in [2.24, 2.45) is 4.99 Å². The smallest absolute Gasteiger partial charge is 0.289 e. The summed E-state index contributed by atoms with van der Waals surface area (Å²) in [5.74, 6) is 1.22. The number of aryl methyl sites for hydroxylation is 1. The molecular formula is C23H33N5O2. The van der Waals surface area contributed by atoms with Crippen LogP contribution in [0.5, 0.6) is 0 Å². The van der Waals surface area contributed by atoms with E-state index in [0.29, 0.717) is 18.8 Å². The average Bonchev–Trinajstić information content (AvgIpc) is 3.31. The number of piperazine rings is 1. The van der Waals surface area contributed by atoms with E-state index in [2.05, 4.69) is 65.4 Å². The number of nitrogens with one attached hydrogen (secondary N) is 1. The van der Waals surface area contributed by atoms with Gasteiger partial charge in [0.25, 0.3) is 5.91 Å². The van der Waals surface area contributed by atoms with Crippen LogP contribution in [0.25, 0.3) is 0 Å². The third-order valence-electron chi connectivity index (χ3n) is 5.66. The molecule has 0 aliphatic carbocycles. The topological polar surface area (TPSA) is 64.3 Å². The Morgan fingerprint density at radius 2 is 1.80 bits per heavy atom. The van der Waals surface area contributed by atoms with Crippen LogP contribution in [0.4, 0.5) is 0 Å². The normalized spacial score (nSPS) is 16.1. The standard InChI is InChI=1S/C23H33N5O2/c1-5-18-8-10-19(11-9-18)20(26(3)4)17-25-23(24-2)28-14-12-27(13-15-28)22(29)21-7-6-16-30-21/h6-11,16,20H,5,12-15,17H2,1-4H3,(H,24,25). The van der Waals surface area contributed by atoms with Crippen LogP contribution in [-0.2, 0) is 6.42 Å². The molecule has 0 spiro atoms. The lowest BCUT2D eigenvalue weighted by atomic mass is 10.0. The maximum atomic E-state index is 12.5. The minimum Gasteiger partial charge on any atom is -0.459 e. The van der Waals surface area contributed by atoms with E-state index >= 15 is 0 Å². The molecule has 1 aromatic carbocycles. The van der Waals surface area contributed by atoms with Crippen molar-refractivity contribution < 1.29 is 9.21 Å². The molecule has 2 aromatic rings. The number of carbonyl (C=O) groups excluding carboxylic acids is 1. The van der Waals surface area contributed by atoms with Crippen LogP contribution in [-0.4, -0.2) is 80.4 Å². The van der Waals surface area contributed by atoms with Crippen LogP contribution in [0, 0.1) is 0 Å². The first-order valence-corrected chi connectivity index (χ1v) is 10.6. The molecule has 1 unspecified atom stereocenters. The first-order chi connectivity index (χ1) is 14.5. The van der Waals surface area contributed by atoms with Crippen molar-refractivity contribution in [1.29, 1.82) is 0 Å². The fourth-order valence-electron chi connectivity index (χ4n) is 3.77. The highest BCUT2D eigenvalue weighted by Crippen LogP contribution is 2.18. The fourth-order valence-corrected chi connectivity index (χ4v) is 3.77. The summed E-state index contributed by atoms with van der Waals surface area (Å²) in [6, 6.07) is 12.5. The van der Waals surface area contributed by atoms with Crippen LogP contribution in [0.3, 0.4) is 0 Å². The van der Waals surface area contributed by atoms with Gasteiger partial charge in [0.05, 0.1) is 12.3 Å². The van der Waals surface area contributed by atoms with Crippen molar-refractivity contribution in [2.45, 2.75) is 19.4 Å². The maximum Gasteiger partial charge on any atom is 0.289 e. The second-order valence-electron chi connectivity index (χ2n) is 7.76. The van der Waals surface area contributed by atoms with Gasteiger partial charge in [-0.05, 0) is 43.8 Å². The van der Waals surface area contributed by atoms with Gasteiger partial charge in [-0.3, -0.25) is 9.79 Å². The number of hydrogen-bond donors (Lipinski definition) is 1. The molecule has 1 atom stereocenters. The number of amides is 1. The summed E-state index contributed by atoms with van der Waals surface area (Å²) in [7, 11) is 6.01. The van der Waals surface area contributed by atoms with Crippen LogP contribution in [0.15, 0.2) is 52.1 Å². The monoisotopic (exact) mass is 411 g/mol. The van der Waals surface area contributed by atoms with Gasteiger partial charge in [-0.25, -0.2) is 0 Å². The van der Waals surface area contributed by atoms with Gasteiger partial charge in [0.2, 0.25) is 0 Å². The molecular weight excluding hydrogens is 378 g/mol. The second-order valence-corrected chi connectivity index (χ2v) is 7.76. The highest BCUT2D eigenvalue weighted by molar-refractivity contribution is 5.91. The van der Waals surface area contributed by atoms with E-state index in [4.69, 9.17) is 4.42 Å². The zero-order valence-corrected chi connectivity index (χ0v) is 18.5. The van der Waals surface area contributed by atoms with Crippen molar-refractivity contribution in [1.82, 2.24) is 20.0 Å². The van der Waals surface area contributed by atoms with Crippen LogP contribution in [0.1, 0.15) is 34.6 Å². The summed E-state index contributed by atoms with van der Waals surface area (Å²) in [4.78, 5) is 23.2. The van der Waals surface area contributed by atoms with Gasteiger partial charge in [-0.15, -0.1) is 0 Å². The Balaban J connectivity index is 1.56. The van der Waals surface area contributed by atoms with Crippen molar-refractivity contribution in [3.05, 3.63) is 59.5 Å². The number of guanidine groups is 1. The lowest BCUT2D eigenvalue weighted by Gasteiger charge is -2.37. The number of aliphatic imine (C=N–C) groups is 1. The average molecular weight is 412 g/mol. The predicted octanol–water partition coefficient (Wildman–Crippen LogP) is 2.48. The Morgan fingerprint density at radius 1 is 1.13 bits per heavy atom. The molecule has 1 fully saturated rings. The first-order valence-electron chi connectivity index (χ1n) is 10.6. The largest absolute Gasteiger partial charge is 0.459 e. The van der Waals surface area contributed by atoms with Crippen LogP contribution < -0.4 is 5.32 Å². The third kappa shape index (κ3) is 5.21. The van der Waals surface area contributed by atoms with Gasteiger partial charge in [-0.2, -0.15) is 0 Å². The molecule has 1 N–H and O–H groups in total. The Bertz CT molecular complexity index is 822. The number of hydrogen-bond acceptors (Lipinski definition) is 4. The molecule has 162 valence electrons. The Labute approximate surface area is 179 Å². The number of likely N-dealkylation sites (N-methyl/N-ethyl adjacent to an activating group) is 1. The number of carbonyl (C=O) groups is 1. The van der Waals surface area contributed by atoms with E-state index < -0.39 is 0 Å². The van der Waals surface area contributed by atoms with Crippen LogP contribution in [0.2, 0.25) is 0 Å². The SMILES string of the molecule is CCc1ccc(C(CNC(=NC)N2CCN(C(=O)c3ccco3)CC2)N(C)C)cc1. The number of furan rings is 1. The van der Waals surface area contributed by atoms with Crippen molar-refractivity contribution in [3.8, 4) is 0 Å². The summed E-state index contributed by atoms with van der Waals surface area (Å²) in [5.41, 5.74) is 2.64. The molecule has 7 nitrogen and oxygen atoms in total. The Hall–Kier alpha value is -2.80. The molecule has 0 saturated carbocycles. The van der Waals surface area contributed by atoms with Gasteiger partial charge in [-0.1, -0.05) is 31.2 Å². The summed E-state index contributed by atoms with van der Waals surface area (Å²) < 4.78 is 5.24. The molecule has 7 heteroatoms. The molecule has 1 aromatic heterocycles. The van der Waals surface area contributed by atoms with Crippen molar-refractivity contribution >= 4 is 11.9 Å². The molecule has 2 heterocycles. The van der Waals surface area contributed by atoms with E-state index in [-0.39, 0.29) is 11.9 Å². The molecule has 30 heavy (non-hydrogen) atoms. The number of benzene rings is 1.